The molecule has 0 amide bonds. The molecule has 1 aliphatic carbocycles. The average molecular weight is 385 g/mol. The fraction of sp³-hybridized carbons (Fsp3) is 0.259. The highest BCUT2D eigenvalue weighted by Gasteiger charge is 2.26. The van der Waals surface area contributed by atoms with E-state index in [0.717, 1.165) is 24.3 Å². The quantitative estimate of drug-likeness (QED) is 0.509. The van der Waals surface area contributed by atoms with Crippen LogP contribution in [0, 0.1) is 6.92 Å². The second-order valence-electron chi connectivity index (χ2n) is 7.82. The van der Waals surface area contributed by atoms with Crippen LogP contribution in [0.3, 0.4) is 0 Å². The minimum absolute atomic E-state index is 0.376. The van der Waals surface area contributed by atoms with Gasteiger partial charge in [-0.25, -0.2) is 0 Å². The molecule has 3 aromatic carbocycles. The molecule has 3 aromatic rings. The highest BCUT2D eigenvalue weighted by molar-refractivity contribution is 5.77. The molecule has 0 aromatic heterocycles. The van der Waals surface area contributed by atoms with E-state index in [4.69, 9.17) is 9.47 Å². The van der Waals surface area contributed by atoms with E-state index in [1.165, 1.54) is 39.0 Å². The van der Waals surface area contributed by atoms with Crippen LogP contribution in [0.1, 0.15) is 40.7 Å². The Labute approximate surface area is 173 Å². The summed E-state index contributed by atoms with van der Waals surface area (Å²) in [6.07, 6.45) is 1.94. The zero-order valence-corrected chi connectivity index (χ0v) is 17.7. The van der Waals surface area contributed by atoms with Gasteiger partial charge in [0.05, 0.1) is 14.2 Å². The second kappa shape index (κ2) is 8.16. The number of aryl methyl sites for hydroxylation is 1. The van der Waals surface area contributed by atoms with Gasteiger partial charge < -0.3 is 9.47 Å². The molecule has 0 saturated carbocycles. The van der Waals surface area contributed by atoms with Crippen molar-refractivity contribution in [2.24, 2.45) is 0 Å². The largest absolute Gasteiger partial charge is 0.497 e. The molecule has 0 saturated heterocycles. The number of hydrogen-bond donors (Lipinski definition) is 0. The lowest BCUT2D eigenvalue weighted by Crippen LogP contribution is -2.15. The predicted molar refractivity (Wildman–Crippen MR) is 120 cm³/mol. The molecule has 0 aliphatic heterocycles. The third-order valence-electron chi connectivity index (χ3n) is 6.21. The Morgan fingerprint density at radius 2 is 1.52 bits per heavy atom. The van der Waals surface area contributed by atoms with E-state index < -0.39 is 0 Å². The molecule has 4 rings (SSSR count). The maximum Gasteiger partial charge on any atom is 0.119 e. The van der Waals surface area contributed by atoms with Crippen LogP contribution in [-0.2, 0) is 12.8 Å². The first-order chi connectivity index (χ1) is 14.1. The van der Waals surface area contributed by atoms with Crippen LogP contribution >= 0.6 is 0 Å². The summed E-state index contributed by atoms with van der Waals surface area (Å²) in [7, 11) is 3.45. The van der Waals surface area contributed by atoms with Crippen molar-refractivity contribution < 1.29 is 9.47 Å². The van der Waals surface area contributed by atoms with Crippen LogP contribution in [0.2, 0.25) is 0 Å². The van der Waals surface area contributed by atoms with E-state index in [9.17, 15) is 0 Å². The van der Waals surface area contributed by atoms with E-state index in [1.54, 1.807) is 14.2 Å². The topological polar surface area (TPSA) is 18.5 Å². The first kappa shape index (κ1) is 19.3. The zero-order valence-electron chi connectivity index (χ0n) is 17.7. The van der Waals surface area contributed by atoms with Crippen molar-refractivity contribution in [2.45, 2.75) is 32.6 Å². The maximum atomic E-state index is 5.54. The van der Waals surface area contributed by atoms with Crippen molar-refractivity contribution in [3.63, 3.8) is 0 Å². The summed E-state index contributed by atoms with van der Waals surface area (Å²) < 4.78 is 10.9. The van der Waals surface area contributed by atoms with Gasteiger partial charge in [0.1, 0.15) is 11.5 Å². The van der Waals surface area contributed by atoms with E-state index in [1.807, 2.05) is 0 Å². The molecule has 2 nitrogen and oxygen atoms in total. The van der Waals surface area contributed by atoms with Crippen LogP contribution in [-0.4, -0.2) is 14.2 Å². The zero-order chi connectivity index (χ0) is 20.4. The van der Waals surface area contributed by atoms with E-state index >= 15 is 0 Å². The van der Waals surface area contributed by atoms with Crippen molar-refractivity contribution in [3.05, 3.63) is 100 Å². The number of allylic oxidation sites excluding steroid dienone is 2. The highest BCUT2D eigenvalue weighted by atomic mass is 16.5. The van der Waals surface area contributed by atoms with Gasteiger partial charge in [0.25, 0.3) is 0 Å². The minimum Gasteiger partial charge on any atom is -0.497 e. The lowest BCUT2D eigenvalue weighted by molar-refractivity contribution is 0.414. The van der Waals surface area contributed by atoms with Crippen molar-refractivity contribution >= 4 is 5.57 Å². The third kappa shape index (κ3) is 3.80. The van der Waals surface area contributed by atoms with Gasteiger partial charge in [0, 0.05) is 5.92 Å². The third-order valence-corrected chi connectivity index (χ3v) is 6.21. The van der Waals surface area contributed by atoms with Crippen LogP contribution < -0.4 is 9.47 Å². The van der Waals surface area contributed by atoms with E-state index in [-0.39, 0.29) is 0 Å². The standard InChI is InChI=1S/C27H28O2/c1-18-7-5-6-8-21(18)15-26-19(2)25(20-9-12-23(28-3)13-10-20)16-22-11-14-24(29-4)17-27(22)26/h5-14,17,25H,15-16H2,1-4H3. The smallest absolute Gasteiger partial charge is 0.119 e. The summed E-state index contributed by atoms with van der Waals surface area (Å²) in [4.78, 5) is 0. The SMILES string of the molecule is COc1ccc(C2Cc3ccc(OC)cc3C(Cc3ccccc3C)=C2C)cc1. The molecule has 1 aliphatic rings. The monoisotopic (exact) mass is 384 g/mol. The molecule has 0 N–H and O–H groups in total. The van der Waals surface area contributed by atoms with Gasteiger partial charge in [-0.2, -0.15) is 0 Å². The van der Waals surface area contributed by atoms with E-state index in [2.05, 4.69) is 80.6 Å². The Bertz CT molecular complexity index is 1040. The number of hydrogen-bond acceptors (Lipinski definition) is 2. The lowest BCUT2D eigenvalue weighted by Gasteiger charge is -2.30. The Hall–Kier alpha value is -3.00. The molecule has 0 spiro atoms. The molecule has 0 bridgehead atoms. The molecule has 148 valence electrons. The van der Waals surface area contributed by atoms with Gasteiger partial charge in [-0.05, 0) is 84.3 Å². The van der Waals surface area contributed by atoms with Crippen molar-refractivity contribution in [1.29, 1.82) is 0 Å². The molecular weight excluding hydrogens is 356 g/mol. The maximum absolute atomic E-state index is 5.54. The fourth-order valence-electron chi connectivity index (χ4n) is 4.37. The molecule has 0 radical (unpaired) electrons. The molecule has 2 heteroatoms. The number of ether oxygens (including phenoxy) is 2. The number of benzene rings is 3. The molecule has 29 heavy (non-hydrogen) atoms. The Balaban J connectivity index is 1.82. The highest BCUT2D eigenvalue weighted by Crippen LogP contribution is 2.43. The number of fused-ring (bicyclic) bond motifs is 1. The summed E-state index contributed by atoms with van der Waals surface area (Å²) in [5, 5.41) is 0. The van der Waals surface area contributed by atoms with Crippen molar-refractivity contribution in [2.75, 3.05) is 14.2 Å². The van der Waals surface area contributed by atoms with Gasteiger partial charge in [0.15, 0.2) is 0 Å². The summed E-state index contributed by atoms with van der Waals surface area (Å²) in [5.74, 6) is 2.19. The van der Waals surface area contributed by atoms with E-state index in [0.29, 0.717) is 5.92 Å². The normalized spacial score (nSPS) is 15.8. The summed E-state index contributed by atoms with van der Waals surface area (Å²) in [6, 6.07) is 23.7. The Morgan fingerprint density at radius 3 is 2.21 bits per heavy atom. The van der Waals surface area contributed by atoms with Gasteiger partial charge in [-0.15, -0.1) is 0 Å². The van der Waals surface area contributed by atoms with Crippen LogP contribution in [0.25, 0.3) is 5.57 Å². The minimum atomic E-state index is 0.376. The number of rotatable bonds is 5. The molecule has 0 fully saturated rings. The van der Waals surface area contributed by atoms with Crippen molar-refractivity contribution in [1.82, 2.24) is 0 Å². The lowest BCUT2D eigenvalue weighted by atomic mass is 9.74. The van der Waals surface area contributed by atoms with Crippen LogP contribution in [0.15, 0.2) is 72.3 Å². The first-order valence-electron chi connectivity index (χ1n) is 10.2. The van der Waals surface area contributed by atoms with Crippen LogP contribution in [0.4, 0.5) is 0 Å². The average Bonchev–Trinajstić information content (AvgIpc) is 2.76. The Morgan fingerprint density at radius 1 is 0.828 bits per heavy atom. The molecular formula is C27H28O2. The molecule has 0 heterocycles. The van der Waals surface area contributed by atoms with Gasteiger partial charge in [0.2, 0.25) is 0 Å². The summed E-state index contributed by atoms with van der Waals surface area (Å²) in [5.41, 5.74) is 9.64. The number of methoxy groups -OCH3 is 2. The molecule has 1 atom stereocenters. The first-order valence-corrected chi connectivity index (χ1v) is 10.2. The van der Waals surface area contributed by atoms with Crippen LogP contribution in [0.5, 0.6) is 11.5 Å². The fourth-order valence-corrected chi connectivity index (χ4v) is 4.37. The summed E-state index contributed by atoms with van der Waals surface area (Å²) in [6.45, 7) is 4.49. The molecule has 1 unspecified atom stereocenters. The van der Waals surface area contributed by atoms with Gasteiger partial charge >= 0.3 is 0 Å². The predicted octanol–water partition coefficient (Wildman–Crippen LogP) is 6.37. The van der Waals surface area contributed by atoms with Crippen molar-refractivity contribution in [3.8, 4) is 11.5 Å². The van der Waals surface area contributed by atoms with Gasteiger partial charge in [-0.1, -0.05) is 48.0 Å². The second-order valence-corrected chi connectivity index (χ2v) is 7.82. The Kier molecular flexibility index (Phi) is 5.44. The van der Waals surface area contributed by atoms with Gasteiger partial charge in [-0.3, -0.25) is 0 Å². The summed E-state index contributed by atoms with van der Waals surface area (Å²) >= 11 is 0.